The van der Waals surface area contributed by atoms with E-state index >= 15 is 0 Å². The minimum Gasteiger partial charge on any atom is -0.395 e. The fraction of sp³-hybridized carbons (Fsp3) is 0.565. The average molecular weight is 509 g/mol. The highest BCUT2D eigenvalue weighted by atomic mass is 33.1. The Hall–Kier alpha value is -1.98. The van der Waals surface area contributed by atoms with Gasteiger partial charge in [0.05, 0.1) is 19.7 Å². The van der Waals surface area contributed by atoms with E-state index in [-0.39, 0.29) is 31.5 Å². The van der Waals surface area contributed by atoms with Gasteiger partial charge in [0.2, 0.25) is 0 Å². The van der Waals surface area contributed by atoms with Gasteiger partial charge in [-0.1, -0.05) is 71.8 Å². The summed E-state index contributed by atoms with van der Waals surface area (Å²) in [4.78, 5) is 11.0. The Morgan fingerprint density at radius 3 is 2.50 bits per heavy atom. The first-order chi connectivity index (χ1) is 16.2. The molecule has 0 unspecified atom stereocenters. The predicted octanol–water partition coefficient (Wildman–Crippen LogP) is 4.33. The number of rotatable bonds is 9. The molecule has 4 rings (SSSR count). The Morgan fingerprint density at radius 1 is 1.09 bits per heavy atom. The number of hydrogen-bond donors (Lipinski definition) is 1. The molecule has 1 aromatic carbocycles. The molecule has 1 saturated heterocycles. The van der Waals surface area contributed by atoms with Crippen molar-refractivity contribution in [2.45, 2.75) is 51.5 Å². The molecule has 1 aliphatic heterocycles. The van der Waals surface area contributed by atoms with Crippen molar-refractivity contribution >= 4 is 38.6 Å². The predicted molar refractivity (Wildman–Crippen MR) is 135 cm³/mol. The van der Waals surface area contributed by atoms with Gasteiger partial charge < -0.3 is 10.0 Å². The van der Waals surface area contributed by atoms with Gasteiger partial charge in [0, 0.05) is 29.9 Å². The summed E-state index contributed by atoms with van der Waals surface area (Å²) in [5, 5.41) is 17.6. The fourth-order valence-electron chi connectivity index (χ4n) is 3.84. The van der Waals surface area contributed by atoms with Crippen LogP contribution in [0.2, 0.25) is 0 Å². The van der Waals surface area contributed by atoms with Crippen LogP contribution >= 0.6 is 21.6 Å². The van der Waals surface area contributed by atoms with Crippen molar-refractivity contribution in [3.8, 4) is 0 Å². The lowest BCUT2D eigenvalue weighted by molar-refractivity contribution is 0.0257. The van der Waals surface area contributed by atoms with E-state index in [1.54, 1.807) is 31.2 Å². The molecule has 0 atom stereocenters. The Kier molecular flexibility index (Phi) is 7.63. The summed E-state index contributed by atoms with van der Waals surface area (Å²) in [5.74, 6) is -0.0630. The van der Waals surface area contributed by atoms with Crippen LogP contribution in [0.4, 0.5) is 14.6 Å². The minimum atomic E-state index is -2.73. The number of nitrogens with zero attached hydrogens (tertiary/aromatic N) is 6. The van der Waals surface area contributed by atoms with E-state index in [0.717, 1.165) is 23.5 Å². The largest absolute Gasteiger partial charge is 0.395 e. The van der Waals surface area contributed by atoms with Gasteiger partial charge in [0.15, 0.2) is 17.0 Å². The highest BCUT2D eigenvalue weighted by Gasteiger charge is 2.40. The second-order valence-electron chi connectivity index (χ2n) is 9.45. The lowest BCUT2D eigenvalue weighted by Gasteiger charge is -2.22. The van der Waals surface area contributed by atoms with Crippen LogP contribution in [-0.2, 0) is 18.4 Å². The first-order valence-corrected chi connectivity index (χ1v) is 13.8. The maximum Gasteiger partial charge on any atom is 0.266 e. The zero-order valence-electron chi connectivity index (χ0n) is 19.7. The molecule has 1 N–H and O–H groups in total. The van der Waals surface area contributed by atoms with E-state index in [4.69, 9.17) is 10.1 Å². The number of aliphatic hydroxyl groups excluding tert-OH is 1. The first kappa shape index (κ1) is 25.1. The number of anilines is 1. The molecule has 2 aromatic heterocycles. The molecule has 184 valence electrons. The number of halogens is 2. The molecule has 1 aliphatic rings. The third-order valence-electron chi connectivity index (χ3n) is 5.64. The van der Waals surface area contributed by atoms with E-state index in [2.05, 4.69) is 27.4 Å². The van der Waals surface area contributed by atoms with Crippen molar-refractivity contribution < 1.29 is 13.9 Å². The Labute approximate surface area is 206 Å². The van der Waals surface area contributed by atoms with Gasteiger partial charge in [-0.2, -0.15) is 0 Å². The molecule has 7 nitrogen and oxygen atoms in total. The van der Waals surface area contributed by atoms with Gasteiger partial charge in [-0.25, -0.2) is 23.4 Å². The number of fused-ring (bicyclic) bond motifs is 1. The molecule has 3 aromatic rings. The van der Waals surface area contributed by atoms with Crippen molar-refractivity contribution in [3.63, 3.8) is 0 Å². The van der Waals surface area contributed by atoms with Crippen molar-refractivity contribution in [2.75, 3.05) is 36.1 Å². The molecule has 34 heavy (non-hydrogen) atoms. The SMILES string of the molecule is CC(C)(C)c1nc(N2CCC(F)(F)C2)c2nnn(Cc3ccccc3CCSSCCO)c2n1. The molecular weight excluding hydrogens is 478 g/mol. The third-order valence-corrected chi connectivity index (χ3v) is 8.02. The van der Waals surface area contributed by atoms with Crippen molar-refractivity contribution in [3.05, 3.63) is 41.2 Å². The van der Waals surface area contributed by atoms with Crippen LogP contribution in [0.25, 0.3) is 11.2 Å². The van der Waals surface area contributed by atoms with E-state index in [9.17, 15) is 8.78 Å². The molecular formula is C23H30F2N6OS2. The summed E-state index contributed by atoms with van der Waals surface area (Å²) < 4.78 is 29.7. The maximum atomic E-state index is 14.0. The van der Waals surface area contributed by atoms with Gasteiger partial charge in [-0.15, -0.1) is 5.10 Å². The lowest BCUT2D eigenvalue weighted by Crippen LogP contribution is -2.27. The molecule has 1 fully saturated rings. The summed E-state index contributed by atoms with van der Waals surface area (Å²) in [5.41, 5.74) is 2.99. The topological polar surface area (TPSA) is 80.0 Å². The summed E-state index contributed by atoms with van der Waals surface area (Å²) in [7, 11) is 3.41. The van der Waals surface area contributed by atoms with Gasteiger partial charge >= 0.3 is 0 Å². The molecule has 0 amide bonds. The zero-order chi connectivity index (χ0) is 24.3. The molecule has 11 heteroatoms. The minimum absolute atomic E-state index is 0.184. The molecule has 0 aliphatic carbocycles. The second kappa shape index (κ2) is 10.3. The number of alkyl halides is 2. The third kappa shape index (κ3) is 5.80. The van der Waals surface area contributed by atoms with Gasteiger partial charge in [-0.3, -0.25) is 0 Å². The molecule has 0 radical (unpaired) electrons. The Bertz CT molecular complexity index is 1130. The van der Waals surface area contributed by atoms with Crippen LogP contribution in [-0.4, -0.2) is 67.2 Å². The smallest absolute Gasteiger partial charge is 0.266 e. The highest BCUT2D eigenvalue weighted by molar-refractivity contribution is 8.76. The molecule has 0 spiro atoms. The van der Waals surface area contributed by atoms with Gasteiger partial charge in [0.25, 0.3) is 5.92 Å². The van der Waals surface area contributed by atoms with Crippen molar-refractivity contribution in [2.24, 2.45) is 0 Å². The molecule has 0 saturated carbocycles. The Balaban J connectivity index is 1.65. The van der Waals surface area contributed by atoms with Crippen LogP contribution < -0.4 is 4.90 Å². The number of hydrogen-bond acceptors (Lipinski definition) is 8. The number of aromatic nitrogens is 5. The second-order valence-corrected chi connectivity index (χ2v) is 12.2. The first-order valence-electron chi connectivity index (χ1n) is 11.3. The van der Waals surface area contributed by atoms with Crippen LogP contribution in [0, 0.1) is 0 Å². The van der Waals surface area contributed by atoms with E-state index < -0.39 is 5.92 Å². The Morgan fingerprint density at radius 2 is 1.82 bits per heavy atom. The summed E-state index contributed by atoms with van der Waals surface area (Å²) in [6.45, 7) is 6.54. The van der Waals surface area contributed by atoms with Crippen LogP contribution in [0.15, 0.2) is 24.3 Å². The molecule has 0 bridgehead atoms. The standard InChI is InChI=1S/C23H30F2N6OS2/c1-22(2,3)21-26-19(30-10-9-23(24,25)15-30)18-20(27-21)31(29-28-18)14-17-7-5-4-6-16(17)8-12-33-34-13-11-32/h4-7,32H,8-15H2,1-3H3. The number of aliphatic hydroxyl groups is 1. The summed E-state index contributed by atoms with van der Waals surface area (Å²) in [6, 6.07) is 8.20. The highest BCUT2D eigenvalue weighted by Crippen LogP contribution is 2.34. The normalized spacial score (nSPS) is 16.0. The lowest BCUT2D eigenvalue weighted by atomic mass is 9.96. The number of aryl methyl sites for hydroxylation is 1. The quantitative estimate of drug-likeness (QED) is 0.338. The van der Waals surface area contributed by atoms with Gasteiger partial charge in [0.1, 0.15) is 5.82 Å². The monoisotopic (exact) mass is 508 g/mol. The van der Waals surface area contributed by atoms with Crippen molar-refractivity contribution in [1.29, 1.82) is 0 Å². The van der Waals surface area contributed by atoms with Gasteiger partial charge in [-0.05, 0) is 17.5 Å². The number of benzene rings is 1. The zero-order valence-corrected chi connectivity index (χ0v) is 21.3. The average Bonchev–Trinajstić information content (AvgIpc) is 3.36. The maximum absolute atomic E-state index is 14.0. The summed E-state index contributed by atoms with van der Waals surface area (Å²) in [6.07, 6.45) is 0.696. The van der Waals surface area contributed by atoms with Crippen LogP contribution in [0.5, 0.6) is 0 Å². The van der Waals surface area contributed by atoms with E-state index in [1.807, 2.05) is 32.9 Å². The van der Waals surface area contributed by atoms with E-state index in [1.165, 1.54) is 5.56 Å². The summed E-state index contributed by atoms with van der Waals surface area (Å²) >= 11 is 0. The molecule has 3 heterocycles. The van der Waals surface area contributed by atoms with E-state index in [0.29, 0.717) is 29.4 Å². The van der Waals surface area contributed by atoms with Crippen LogP contribution in [0.3, 0.4) is 0 Å². The van der Waals surface area contributed by atoms with Crippen molar-refractivity contribution in [1.82, 2.24) is 25.0 Å². The fourth-order valence-corrected chi connectivity index (χ4v) is 5.64. The van der Waals surface area contributed by atoms with Crippen LogP contribution in [0.1, 0.15) is 44.1 Å².